The first kappa shape index (κ1) is 17.2. The van der Waals surface area contributed by atoms with E-state index in [1.165, 1.54) is 5.56 Å². The van der Waals surface area contributed by atoms with E-state index >= 15 is 0 Å². The first-order chi connectivity index (χ1) is 12.8. The molecule has 2 aromatic rings. The zero-order chi connectivity index (χ0) is 17.8. The molecule has 5 nitrogen and oxygen atoms in total. The minimum absolute atomic E-state index is 0.470. The number of nitrogens with zero attached hydrogens (tertiary/aromatic N) is 3. The van der Waals surface area contributed by atoms with E-state index in [1.54, 1.807) is 0 Å². The van der Waals surface area contributed by atoms with Crippen molar-refractivity contribution in [1.82, 2.24) is 9.58 Å². The van der Waals surface area contributed by atoms with Crippen LogP contribution in [0.15, 0.2) is 47.7 Å². The van der Waals surface area contributed by atoms with Crippen molar-refractivity contribution in [3.63, 3.8) is 0 Å². The van der Waals surface area contributed by atoms with Crippen LogP contribution in [-0.2, 0) is 11.2 Å². The van der Waals surface area contributed by atoms with Crippen LogP contribution in [0.4, 0.5) is 11.5 Å². The molecule has 0 bridgehead atoms. The summed E-state index contributed by atoms with van der Waals surface area (Å²) in [5, 5.41) is 8.60. The van der Waals surface area contributed by atoms with Gasteiger partial charge in [-0.3, -0.25) is 0 Å². The van der Waals surface area contributed by atoms with Crippen LogP contribution in [0.1, 0.15) is 30.9 Å². The van der Waals surface area contributed by atoms with E-state index in [1.807, 2.05) is 12.4 Å². The SMILES string of the molecule is CC[N+]1(CCc2ccccc2)N=Cc2c(NC3CCOCC3)ccnc21. The minimum Gasteiger partial charge on any atom is -0.381 e. The molecule has 1 N–H and O–H groups in total. The smallest absolute Gasteiger partial charge is 0.265 e. The second kappa shape index (κ2) is 7.56. The number of hydrogen-bond acceptors (Lipinski definition) is 4. The van der Waals surface area contributed by atoms with Crippen LogP contribution in [-0.4, -0.2) is 43.5 Å². The summed E-state index contributed by atoms with van der Waals surface area (Å²) in [6.07, 6.45) is 7.02. The van der Waals surface area contributed by atoms with E-state index in [9.17, 15) is 0 Å². The molecular formula is C21H27N4O+. The lowest BCUT2D eigenvalue weighted by molar-refractivity contribution is 0.0904. The summed E-state index contributed by atoms with van der Waals surface area (Å²) in [7, 11) is 0. The summed E-state index contributed by atoms with van der Waals surface area (Å²) in [5.74, 6) is 1.07. The average Bonchev–Trinajstić information content (AvgIpc) is 3.08. The van der Waals surface area contributed by atoms with Gasteiger partial charge in [-0.05, 0) is 31.4 Å². The second-order valence-corrected chi connectivity index (χ2v) is 7.07. The first-order valence-electron chi connectivity index (χ1n) is 9.61. The van der Waals surface area contributed by atoms with Gasteiger partial charge >= 0.3 is 0 Å². The van der Waals surface area contributed by atoms with Gasteiger partial charge in [-0.1, -0.05) is 35.4 Å². The molecule has 2 aliphatic rings. The van der Waals surface area contributed by atoms with E-state index in [4.69, 9.17) is 14.8 Å². The van der Waals surface area contributed by atoms with Gasteiger partial charge in [0, 0.05) is 31.9 Å². The quantitative estimate of drug-likeness (QED) is 0.809. The molecule has 1 atom stereocenters. The molecule has 1 aromatic heterocycles. The number of fused-ring (bicyclic) bond motifs is 1. The number of pyridine rings is 1. The Kier molecular flexibility index (Phi) is 5.00. The maximum atomic E-state index is 5.47. The van der Waals surface area contributed by atoms with Gasteiger partial charge in [-0.25, -0.2) is 4.98 Å². The lowest BCUT2D eigenvalue weighted by atomic mass is 10.1. The highest BCUT2D eigenvalue weighted by molar-refractivity contribution is 5.96. The van der Waals surface area contributed by atoms with Crippen LogP contribution in [0.5, 0.6) is 0 Å². The van der Waals surface area contributed by atoms with Crippen molar-refractivity contribution in [2.45, 2.75) is 32.2 Å². The molecule has 2 aliphatic heterocycles. The maximum absolute atomic E-state index is 5.47. The van der Waals surface area contributed by atoms with E-state index in [-0.39, 0.29) is 0 Å². The summed E-state index contributed by atoms with van der Waals surface area (Å²) in [4.78, 5) is 4.73. The fraction of sp³-hybridized carbons (Fsp3) is 0.429. The van der Waals surface area contributed by atoms with Crippen LogP contribution < -0.4 is 9.91 Å². The van der Waals surface area contributed by atoms with Crippen molar-refractivity contribution < 1.29 is 4.74 Å². The van der Waals surface area contributed by atoms with Gasteiger partial charge in [0.1, 0.15) is 24.9 Å². The normalized spacial score (nSPS) is 22.3. The van der Waals surface area contributed by atoms with Crippen LogP contribution >= 0.6 is 0 Å². The molecule has 1 unspecified atom stereocenters. The van der Waals surface area contributed by atoms with Gasteiger partial charge in [0.05, 0.1) is 5.69 Å². The molecule has 1 fully saturated rings. The third-order valence-corrected chi connectivity index (χ3v) is 5.49. The Morgan fingerprint density at radius 1 is 1.15 bits per heavy atom. The summed E-state index contributed by atoms with van der Waals surface area (Å²) in [6.45, 7) is 5.70. The van der Waals surface area contributed by atoms with Crippen molar-refractivity contribution in [2.24, 2.45) is 5.10 Å². The predicted molar refractivity (Wildman–Crippen MR) is 107 cm³/mol. The number of rotatable bonds is 6. The largest absolute Gasteiger partial charge is 0.381 e. The summed E-state index contributed by atoms with van der Waals surface area (Å²) in [6, 6.07) is 13.2. The minimum atomic E-state index is 0.470. The number of benzene rings is 1. The number of likely N-dealkylation sites (N-methyl/N-ethyl adjacent to an activating group) is 1. The number of quaternary nitrogens is 1. The molecule has 3 heterocycles. The first-order valence-corrected chi connectivity index (χ1v) is 9.61. The van der Waals surface area contributed by atoms with Crippen molar-refractivity contribution in [3.05, 3.63) is 53.7 Å². The molecule has 5 heteroatoms. The lowest BCUT2D eigenvalue weighted by Crippen LogP contribution is -2.44. The molecule has 1 saturated heterocycles. The topological polar surface area (TPSA) is 46.5 Å². The number of ether oxygens (including phenoxy) is 1. The number of hydrogen-bond donors (Lipinski definition) is 1. The monoisotopic (exact) mass is 351 g/mol. The maximum Gasteiger partial charge on any atom is 0.265 e. The van der Waals surface area contributed by atoms with Gasteiger partial charge in [-0.2, -0.15) is 0 Å². The molecule has 136 valence electrons. The Labute approximate surface area is 155 Å². The fourth-order valence-corrected chi connectivity index (χ4v) is 3.84. The molecule has 26 heavy (non-hydrogen) atoms. The summed E-state index contributed by atoms with van der Waals surface area (Å²) >= 11 is 0. The Bertz CT molecular complexity index is 771. The van der Waals surface area contributed by atoms with E-state index in [0.29, 0.717) is 10.6 Å². The van der Waals surface area contributed by atoms with Crippen molar-refractivity contribution in [1.29, 1.82) is 0 Å². The van der Waals surface area contributed by atoms with Gasteiger partial charge in [0.15, 0.2) is 0 Å². The van der Waals surface area contributed by atoms with Gasteiger partial charge in [-0.15, -0.1) is 4.59 Å². The van der Waals surface area contributed by atoms with Crippen LogP contribution in [0.2, 0.25) is 0 Å². The highest BCUT2D eigenvalue weighted by atomic mass is 16.5. The summed E-state index contributed by atoms with van der Waals surface area (Å²) in [5.41, 5.74) is 3.64. The van der Waals surface area contributed by atoms with Crippen LogP contribution in [0.25, 0.3) is 0 Å². The highest BCUT2D eigenvalue weighted by Gasteiger charge is 2.38. The molecule has 0 aliphatic carbocycles. The lowest BCUT2D eigenvalue weighted by Gasteiger charge is -2.28. The molecular weight excluding hydrogens is 324 g/mol. The Hall–Kier alpha value is -2.24. The van der Waals surface area contributed by atoms with Crippen molar-refractivity contribution in [3.8, 4) is 0 Å². The average molecular weight is 351 g/mol. The number of aromatic nitrogens is 1. The number of nitrogens with one attached hydrogen (secondary N) is 1. The molecule has 0 amide bonds. The van der Waals surface area contributed by atoms with Gasteiger partial charge < -0.3 is 10.1 Å². The van der Waals surface area contributed by atoms with Crippen molar-refractivity contribution in [2.75, 3.05) is 31.6 Å². The Morgan fingerprint density at radius 3 is 2.73 bits per heavy atom. The van der Waals surface area contributed by atoms with E-state index in [0.717, 1.165) is 62.6 Å². The second-order valence-electron chi connectivity index (χ2n) is 7.07. The molecule has 4 rings (SSSR count). The Balaban J connectivity index is 1.55. The zero-order valence-corrected chi connectivity index (χ0v) is 15.4. The fourth-order valence-electron chi connectivity index (χ4n) is 3.84. The zero-order valence-electron chi connectivity index (χ0n) is 15.4. The van der Waals surface area contributed by atoms with E-state index in [2.05, 4.69) is 48.6 Å². The molecule has 1 aromatic carbocycles. The van der Waals surface area contributed by atoms with E-state index < -0.39 is 0 Å². The molecule has 0 radical (unpaired) electrons. The number of anilines is 1. The van der Waals surface area contributed by atoms with Gasteiger partial charge in [0.2, 0.25) is 0 Å². The molecule has 0 spiro atoms. The third-order valence-electron chi connectivity index (χ3n) is 5.49. The van der Waals surface area contributed by atoms with Crippen LogP contribution in [0.3, 0.4) is 0 Å². The van der Waals surface area contributed by atoms with Crippen molar-refractivity contribution >= 4 is 17.7 Å². The molecule has 0 saturated carbocycles. The Morgan fingerprint density at radius 2 is 1.96 bits per heavy atom. The third kappa shape index (κ3) is 3.37. The highest BCUT2D eigenvalue weighted by Crippen LogP contribution is 2.35. The summed E-state index contributed by atoms with van der Waals surface area (Å²) < 4.78 is 6.05. The van der Waals surface area contributed by atoms with Gasteiger partial charge in [0.25, 0.3) is 5.82 Å². The predicted octanol–water partition coefficient (Wildman–Crippen LogP) is 3.59. The van der Waals surface area contributed by atoms with Crippen LogP contribution in [0, 0.1) is 0 Å². The standard InChI is InChI=1S/C21H27N4O/c1-2-25(13-9-17-6-4-3-5-7-17)21-19(16-23-25)20(8-12-22-21)24-18-10-14-26-15-11-18/h3-8,12,16,18H,2,9-11,13-15H2,1H3,(H,22,24)/q+1.